The van der Waals surface area contributed by atoms with Gasteiger partial charge in [0.2, 0.25) is 0 Å². The van der Waals surface area contributed by atoms with E-state index in [0.717, 1.165) is 5.56 Å². The van der Waals surface area contributed by atoms with Gasteiger partial charge in [0.25, 0.3) is 11.7 Å². The molecule has 6 heteroatoms. The molecule has 178 valence electrons. The van der Waals surface area contributed by atoms with E-state index in [9.17, 15) is 14.7 Å². The van der Waals surface area contributed by atoms with E-state index in [0.29, 0.717) is 42.2 Å². The van der Waals surface area contributed by atoms with Crippen LogP contribution in [0.25, 0.3) is 5.76 Å². The smallest absolute Gasteiger partial charge is 0.295 e. The predicted octanol–water partition coefficient (Wildman–Crippen LogP) is 4.92. The number of Topliss-reactive ketones (excluding diaryl/α,β-unsaturated/α-hetero) is 1. The van der Waals surface area contributed by atoms with Crippen LogP contribution in [-0.4, -0.2) is 42.0 Å². The molecule has 35 heavy (non-hydrogen) atoms. The Bertz CT molecular complexity index is 1230. The maximum Gasteiger partial charge on any atom is 0.295 e. The third-order valence-electron chi connectivity index (χ3n) is 5.95. The van der Waals surface area contributed by atoms with Crippen molar-refractivity contribution in [3.63, 3.8) is 0 Å². The summed E-state index contributed by atoms with van der Waals surface area (Å²) in [5.41, 5.74) is 2.26. The molecule has 6 nitrogen and oxygen atoms in total. The summed E-state index contributed by atoms with van der Waals surface area (Å²) in [6.07, 6.45) is 2.23. The number of hydrogen-bond acceptors (Lipinski definition) is 5. The van der Waals surface area contributed by atoms with Gasteiger partial charge >= 0.3 is 0 Å². The lowest BCUT2D eigenvalue weighted by Gasteiger charge is -2.25. The number of hydrogen-bond donors (Lipinski definition) is 1. The molecule has 1 fully saturated rings. The van der Waals surface area contributed by atoms with Crippen molar-refractivity contribution in [2.75, 3.05) is 20.3 Å². The van der Waals surface area contributed by atoms with Crippen LogP contribution in [0, 0.1) is 0 Å². The quantitative estimate of drug-likeness (QED) is 0.208. The number of carbonyl (C=O) groups is 2. The van der Waals surface area contributed by atoms with Crippen molar-refractivity contribution in [2.45, 2.75) is 12.5 Å². The Morgan fingerprint density at radius 3 is 2.26 bits per heavy atom. The van der Waals surface area contributed by atoms with Crippen molar-refractivity contribution in [3.8, 4) is 11.5 Å². The maximum atomic E-state index is 13.2. The summed E-state index contributed by atoms with van der Waals surface area (Å²) in [7, 11) is 1.55. The molecule has 1 atom stereocenters. The number of amides is 1. The van der Waals surface area contributed by atoms with Gasteiger partial charge in [0.1, 0.15) is 23.9 Å². The maximum absolute atomic E-state index is 13.2. The third-order valence-corrected chi connectivity index (χ3v) is 5.95. The van der Waals surface area contributed by atoms with Gasteiger partial charge in [0.05, 0.1) is 18.7 Å². The first-order valence-electron chi connectivity index (χ1n) is 11.3. The van der Waals surface area contributed by atoms with Gasteiger partial charge in [-0.1, -0.05) is 55.1 Å². The fourth-order valence-electron chi connectivity index (χ4n) is 4.16. The van der Waals surface area contributed by atoms with Crippen molar-refractivity contribution in [1.82, 2.24) is 4.90 Å². The number of rotatable bonds is 9. The highest BCUT2D eigenvalue weighted by atomic mass is 16.5. The van der Waals surface area contributed by atoms with Gasteiger partial charge in [-0.05, 0) is 53.9 Å². The second kappa shape index (κ2) is 10.7. The van der Waals surface area contributed by atoms with E-state index < -0.39 is 17.7 Å². The number of aliphatic hydroxyl groups excluding tert-OH is 1. The number of ketones is 1. The molecule has 0 bridgehead atoms. The zero-order valence-corrected chi connectivity index (χ0v) is 19.5. The van der Waals surface area contributed by atoms with E-state index in [2.05, 4.69) is 6.58 Å². The summed E-state index contributed by atoms with van der Waals surface area (Å²) >= 11 is 0. The van der Waals surface area contributed by atoms with Crippen molar-refractivity contribution >= 4 is 17.4 Å². The Morgan fingerprint density at radius 1 is 0.971 bits per heavy atom. The normalized spacial score (nSPS) is 16.8. The van der Waals surface area contributed by atoms with Crippen LogP contribution < -0.4 is 9.47 Å². The Morgan fingerprint density at radius 2 is 1.63 bits per heavy atom. The molecular formula is C29H27NO5. The molecule has 3 aromatic carbocycles. The minimum absolute atomic E-state index is 0.0630. The number of nitrogens with zero attached hydrogens (tertiary/aromatic N) is 1. The molecule has 0 saturated carbocycles. The number of methoxy groups -OCH3 is 1. The molecular weight excluding hydrogens is 442 g/mol. The lowest BCUT2D eigenvalue weighted by atomic mass is 9.95. The average molecular weight is 470 g/mol. The Kier molecular flexibility index (Phi) is 7.31. The standard InChI is InChI=1S/C29H27NO5/c1-3-19-35-24-15-9-21(10-16-24)26-25(27(31)22-11-13-23(34-2)14-12-22)28(32)29(33)30(26)18-17-20-7-5-4-6-8-20/h3-16,26,31H,1,17-19H2,2H3. The Labute approximate surface area is 204 Å². The molecule has 1 aliphatic rings. The van der Waals surface area contributed by atoms with Gasteiger partial charge < -0.3 is 19.5 Å². The first-order valence-corrected chi connectivity index (χ1v) is 11.3. The lowest BCUT2D eigenvalue weighted by Crippen LogP contribution is -2.31. The van der Waals surface area contributed by atoms with Crippen molar-refractivity contribution in [1.29, 1.82) is 0 Å². The molecule has 1 N–H and O–H groups in total. The summed E-state index contributed by atoms with van der Waals surface area (Å²) in [5, 5.41) is 11.2. The molecule has 0 spiro atoms. The lowest BCUT2D eigenvalue weighted by molar-refractivity contribution is -0.139. The SMILES string of the molecule is C=CCOc1ccc(C2C(=C(O)c3ccc(OC)cc3)C(=O)C(=O)N2CCc2ccccc2)cc1. The van der Waals surface area contributed by atoms with Gasteiger partial charge in [-0.2, -0.15) is 0 Å². The van der Waals surface area contributed by atoms with Crippen molar-refractivity contribution in [2.24, 2.45) is 0 Å². The van der Waals surface area contributed by atoms with Crippen LogP contribution in [-0.2, 0) is 16.0 Å². The van der Waals surface area contributed by atoms with Crippen LogP contribution in [0.1, 0.15) is 22.7 Å². The highest BCUT2D eigenvalue weighted by Gasteiger charge is 2.45. The van der Waals surface area contributed by atoms with Crippen LogP contribution in [0.3, 0.4) is 0 Å². The van der Waals surface area contributed by atoms with Gasteiger partial charge in [-0.15, -0.1) is 0 Å². The van der Waals surface area contributed by atoms with E-state index in [1.54, 1.807) is 49.6 Å². The molecule has 1 aliphatic heterocycles. The largest absolute Gasteiger partial charge is 0.507 e. The fraction of sp³-hybridized carbons (Fsp3) is 0.172. The highest BCUT2D eigenvalue weighted by molar-refractivity contribution is 6.46. The second-order valence-electron chi connectivity index (χ2n) is 8.13. The summed E-state index contributed by atoms with van der Waals surface area (Å²) in [6.45, 7) is 4.34. The molecule has 1 heterocycles. The molecule has 1 unspecified atom stereocenters. The van der Waals surface area contributed by atoms with Gasteiger partial charge in [-0.25, -0.2) is 0 Å². The minimum Gasteiger partial charge on any atom is -0.507 e. The number of likely N-dealkylation sites (tertiary alicyclic amines) is 1. The number of carbonyl (C=O) groups excluding carboxylic acids is 2. The molecule has 4 rings (SSSR count). The van der Waals surface area contributed by atoms with Gasteiger partial charge in [0.15, 0.2) is 0 Å². The van der Waals surface area contributed by atoms with Crippen LogP contribution >= 0.6 is 0 Å². The van der Waals surface area contributed by atoms with E-state index >= 15 is 0 Å². The monoisotopic (exact) mass is 469 g/mol. The van der Waals surface area contributed by atoms with Crippen LogP contribution in [0.5, 0.6) is 11.5 Å². The van der Waals surface area contributed by atoms with E-state index in [1.165, 1.54) is 4.90 Å². The molecule has 0 aromatic heterocycles. The predicted molar refractivity (Wildman–Crippen MR) is 134 cm³/mol. The van der Waals surface area contributed by atoms with Crippen LogP contribution in [0.2, 0.25) is 0 Å². The van der Waals surface area contributed by atoms with Gasteiger partial charge in [0, 0.05) is 12.1 Å². The zero-order valence-electron chi connectivity index (χ0n) is 19.5. The van der Waals surface area contributed by atoms with Crippen molar-refractivity contribution < 1.29 is 24.2 Å². The first kappa shape index (κ1) is 23.8. The minimum atomic E-state index is -0.728. The fourth-order valence-corrected chi connectivity index (χ4v) is 4.16. The van der Waals surface area contributed by atoms with Crippen LogP contribution in [0.15, 0.2) is 97.1 Å². The molecule has 0 aliphatic carbocycles. The number of aliphatic hydroxyl groups is 1. The molecule has 3 aromatic rings. The number of ether oxygens (including phenoxy) is 2. The summed E-state index contributed by atoms with van der Waals surface area (Å²) in [5.74, 6) is -0.289. The Hall–Kier alpha value is -4.32. The number of benzene rings is 3. The third kappa shape index (κ3) is 5.11. The van der Waals surface area contributed by atoms with E-state index in [4.69, 9.17) is 9.47 Å². The topological polar surface area (TPSA) is 76.1 Å². The first-order chi connectivity index (χ1) is 17.0. The molecule has 1 saturated heterocycles. The van der Waals surface area contributed by atoms with Crippen molar-refractivity contribution in [3.05, 3.63) is 114 Å². The second-order valence-corrected chi connectivity index (χ2v) is 8.13. The van der Waals surface area contributed by atoms with Crippen LogP contribution in [0.4, 0.5) is 0 Å². The summed E-state index contributed by atoms with van der Waals surface area (Å²) in [6, 6.07) is 22.9. The summed E-state index contributed by atoms with van der Waals surface area (Å²) in [4.78, 5) is 27.9. The molecule has 1 amide bonds. The average Bonchev–Trinajstić information content (AvgIpc) is 3.16. The molecule has 0 radical (unpaired) electrons. The summed E-state index contributed by atoms with van der Waals surface area (Å²) < 4.78 is 10.8. The Balaban J connectivity index is 1.74. The van der Waals surface area contributed by atoms with Gasteiger partial charge in [-0.3, -0.25) is 9.59 Å². The van der Waals surface area contributed by atoms with E-state index in [1.807, 2.05) is 42.5 Å². The highest BCUT2D eigenvalue weighted by Crippen LogP contribution is 2.40. The van der Waals surface area contributed by atoms with E-state index in [-0.39, 0.29) is 11.3 Å². The zero-order chi connectivity index (χ0) is 24.8.